The molecule has 1 aromatic heterocycles. The van der Waals surface area contributed by atoms with Crippen molar-refractivity contribution in [2.75, 3.05) is 11.9 Å². The first kappa shape index (κ1) is 20.0. The third-order valence-electron chi connectivity index (χ3n) is 3.55. The maximum Gasteiger partial charge on any atom is 0.326 e. The van der Waals surface area contributed by atoms with E-state index in [2.05, 4.69) is 10.6 Å². The van der Waals surface area contributed by atoms with Crippen LogP contribution in [0.5, 0.6) is 5.75 Å². The molecule has 2 aromatic rings. The van der Waals surface area contributed by atoms with E-state index < -0.39 is 23.8 Å². The highest BCUT2D eigenvalue weighted by Crippen LogP contribution is 2.18. The largest absolute Gasteiger partial charge is 0.484 e. The van der Waals surface area contributed by atoms with Crippen LogP contribution in [0.3, 0.4) is 0 Å². The van der Waals surface area contributed by atoms with Crippen LogP contribution >= 0.6 is 0 Å². The number of anilines is 1. The molecule has 1 aromatic carbocycles. The van der Waals surface area contributed by atoms with E-state index in [4.69, 9.17) is 14.3 Å². The summed E-state index contributed by atoms with van der Waals surface area (Å²) in [5.41, 5.74) is 0.470. The van der Waals surface area contributed by atoms with Crippen molar-refractivity contribution in [2.24, 2.45) is 5.92 Å². The molecule has 3 N–H and O–H groups in total. The van der Waals surface area contributed by atoms with Crippen LogP contribution in [-0.2, 0) is 9.59 Å². The van der Waals surface area contributed by atoms with Crippen LogP contribution in [0, 0.1) is 5.92 Å². The second-order valence-electron chi connectivity index (χ2n) is 6.34. The van der Waals surface area contributed by atoms with Crippen molar-refractivity contribution in [1.29, 1.82) is 0 Å². The van der Waals surface area contributed by atoms with Crippen molar-refractivity contribution >= 4 is 23.5 Å². The predicted octanol–water partition coefficient (Wildman–Crippen LogP) is 2.53. The number of carbonyl (C=O) groups excluding carboxylic acids is 2. The second kappa shape index (κ2) is 9.42. The molecule has 0 unspecified atom stereocenters. The average molecular weight is 374 g/mol. The summed E-state index contributed by atoms with van der Waals surface area (Å²) in [5.74, 6) is -1.37. The zero-order valence-electron chi connectivity index (χ0n) is 15.1. The zero-order valence-corrected chi connectivity index (χ0v) is 15.1. The highest BCUT2D eigenvalue weighted by Gasteiger charge is 2.21. The summed E-state index contributed by atoms with van der Waals surface area (Å²) >= 11 is 0. The summed E-state index contributed by atoms with van der Waals surface area (Å²) in [6.07, 6.45) is 1.73. The Morgan fingerprint density at radius 1 is 1.19 bits per heavy atom. The molecule has 27 heavy (non-hydrogen) atoms. The number of benzene rings is 1. The molecule has 0 aliphatic heterocycles. The Kier molecular flexibility index (Phi) is 6.99. The van der Waals surface area contributed by atoms with Crippen LogP contribution in [0.2, 0.25) is 0 Å². The number of nitrogens with one attached hydrogen (secondary N) is 2. The van der Waals surface area contributed by atoms with Crippen LogP contribution < -0.4 is 15.4 Å². The van der Waals surface area contributed by atoms with Gasteiger partial charge in [-0.2, -0.15) is 0 Å². The van der Waals surface area contributed by atoms with Crippen LogP contribution in [0.25, 0.3) is 0 Å². The monoisotopic (exact) mass is 374 g/mol. The zero-order chi connectivity index (χ0) is 19.8. The summed E-state index contributed by atoms with van der Waals surface area (Å²) < 4.78 is 10.4. The first-order valence-corrected chi connectivity index (χ1v) is 8.45. The Morgan fingerprint density at radius 3 is 2.59 bits per heavy atom. The van der Waals surface area contributed by atoms with Gasteiger partial charge in [0.2, 0.25) is 0 Å². The molecule has 0 fully saturated rings. The smallest absolute Gasteiger partial charge is 0.326 e. The fraction of sp³-hybridized carbons (Fsp3) is 0.316. The van der Waals surface area contributed by atoms with Crippen molar-refractivity contribution in [3.63, 3.8) is 0 Å². The van der Waals surface area contributed by atoms with E-state index in [-0.39, 0.29) is 18.3 Å². The molecular formula is C19H22N2O6. The SMILES string of the molecule is CC(C)C[C@H](NC(=O)COc1cccc(NC(=O)c2ccco2)c1)C(=O)O. The standard InChI is InChI=1S/C19H22N2O6/c1-12(2)9-15(19(24)25)21-17(22)11-27-14-6-3-5-13(10-14)20-18(23)16-7-4-8-26-16/h3-8,10,12,15H,9,11H2,1-2H3,(H,20,23)(H,21,22)(H,24,25)/t15-/m0/s1. The third kappa shape index (κ3) is 6.50. The number of amides is 2. The van der Waals surface area contributed by atoms with Gasteiger partial charge in [0.15, 0.2) is 12.4 Å². The Morgan fingerprint density at radius 2 is 1.96 bits per heavy atom. The summed E-state index contributed by atoms with van der Waals surface area (Å²) in [6, 6.07) is 8.68. The minimum Gasteiger partial charge on any atom is -0.484 e. The Labute approximate surface area is 156 Å². The predicted molar refractivity (Wildman–Crippen MR) is 97.6 cm³/mol. The van der Waals surface area contributed by atoms with Gasteiger partial charge in [0.25, 0.3) is 11.8 Å². The molecule has 0 saturated carbocycles. The molecule has 2 amide bonds. The molecule has 0 saturated heterocycles. The highest BCUT2D eigenvalue weighted by molar-refractivity contribution is 6.02. The lowest BCUT2D eigenvalue weighted by Crippen LogP contribution is -2.43. The van der Waals surface area contributed by atoms with Crippen molar-refractivity contribution in [2.45, 2.75) is 26.3 Å². The summed E-state index contributed by atoms with van der Waals surface area (Å²) in [6.45, 7) is 3.42. The number of carboxylic acids is 1. The third-order valence-corrected chi connectivity index (χ3v) is 3.55. The van der Waals surface area contributed by atoms with Gasteiger partial charge in [-0.05, 0) is 36.6 Å². The number of carboxylic acid groups (broad SMARTS) is 1. The number of aliphatic carboxylic acids is 1. The number of furan rings is 1. The van der Waals surface area contributed by atoms with E-state index >= 15 is 0 Å². The van der Waals surface area contributed by atoms with E-state index in [0.29, 0.717) is 17.9 Å². The maximum absolute atomic E-state index is 12.0. The molecule has 1 atom stereocenters. The lowest BCUT2D eigenvalue weighted by atomic mass is 10.0. The average Bonchev–Trinajstić information content (AvgIpc) is 3.14. The van der Waals surface area contributed by atoms with Gasteiger partial charge in [-0.15, -0.1) is 0 Å². The lowest BCUT2D eigenvalue weighted by Gasteiger charge is -2.16. The number of rotatable bonds is 9. The summed E-state index contributed by atoms with van der Waals surface area (Å²) in [7, 11) is 0. The van der Waals surface area contributed by atoms with Gasteiger partial charge in [-0.1, -0.05) is 19.9 Å². The molecular weight excluding hydrogens is 352 g/mol. The van der Waals surface area contributed by atoms with Gasteiger partial charge in [0.05, 0.1) is 6.26 Å². The molecule has 0 radical (unpaired) electrons. The van der Waals surface area contributed by atoms with Crippen molar-refractivity contribution in [3.8, 4) is 5.75 Å². The van der Waals surface area contributed by atoms with Gasteiger partial charge in [-0.25, -0.2) is 4.79 Å². The van der Waals surface area contributed by atoms with E-state index in [1.54, 1.807) is 30.3 Å². The fourth-order valence-electron chi connectivity index (χ4n) is 2.34. The number of hydrogen-bond acceptors (Lipinski definition) is 5. The van der Waals surface area contributed by atoms with Crippen LogP contribution in [0.1, 0.15) is 30.8 Å². The number of carbonyl (C=O) groups is 3. The quantitative estimate of drug-likeness (QED) is 0.621. The Bertz CT molecular complexity index is 785. The molecule has 0 aliphatic rings. The lowest BCUT2D eigenvalue weighted by molar-refractivity contribution is -0.142. The highest BCUT2D eigenvalue weighted by atomic mass is 16.5. The first-order chi connectivity index (χ1) is 12.8. The number of ether oxygens (including phenoxy) is 1. The van der Waals surface area contributed by atoms with Crippen molar-refractivity contribution in [1.82, 2.24) is 5.32 Å². The van der Waals surface area contributed by atoms with E-state index in [1.807, 2.05) is 13.8 Å². The van der Waals surface area contributed by atoms with E-state index in [9.17, 15) is 14.4 Å². The first-order valence-electron chi connectivity index (χ1n) is 8.45. The Hall–Kier alpha value is -3.29. The minimum atomic E-state index is -1.08. The number of hydrogen-bond donors (Lipinski definition) is 3. The molecule has 1 heterocycles. The van der Waals surface area contributed by atoms with Gasteiger partial charge in [0.1, 0.15) is 11.8 Å². The second-order valence-corrected chi connectivity index (χ2v) is 6.34. The van der Waals surface area contributed by atoms with Crippen LogP contribution in [-0.4, -0.2) is 35.5 Å². The molecule has 2 rings (SSSR count). The summed E-state index contributed by atoms with van der Waals surface area (Å²) in [4.78, 5) is 35.1. The van der Waals surface area contributed by atoms with E-state index in [1.165, 1.54) is 12.3 Å². The van der Waals surface area contributed by atoms with Crippen LogP contribution in [0.4, 0.5) is 5.69 Å². The van der Waals surface area contributed by atoms with Gasteiger partial charge >= 0.3 is 5.97 Å². The molecule has 8 heteroatoms. The molecule has 0 spiro atoms. The van der Waals surface area contributed by atoms with Gasteiger partial charge in [-0.3, -0.25) is 9.59 Å². The molecule has 0 aliphatic carbocycles. The molecule has 144 valence electrons. The fourth-order valence-corrected chi connectivity index (χ4v) is 2.34. The minimum absolute atomic E-state index is 0.127. The van der Waals surface area contributed by atoms with Gasteiger partial charge < -0.3 is 24.9 Å². The van der Waals surface area contributed by atoms with Crippen molar-refractivity contribution < 1.29 is 28.6 Å². The van der Waals surface area contributed by atoms with Crippen LogP contribution in [0.15, 0.2) is 47.1 Å². The molecule has 0 bridgehead atoms. The van der Waals surface area contributed by atoms with Gasteiger partial charge in [0, 0.05) is 11.8 Å². The normalized spacial score (nSPS) is 11.7. The maximum atomic E-state index is 12.0. The van der Waals surface area contributed by atoms with E-state index in [0.717, 1.165) is 0 Å². The summed E-state index contributed by atoms with van der Waals surface area (Å²) in [5, 5.41) is 14.2. The topological polar surface area (TPSA) is 118 Å². The Balaban J connectivity index is 1.89. The van der Waals surface area contributed by atoms with Crippen molar-refractivity contribution in [3.05, 3.63) is 48.4 Å². The molecule has 8 nitrogen and oxygen atoms in total.